The largest absolute Gasteiger partial charge is 0.357 e. The summed E-state index contributed by atoms with van der Waals surface area (Å²) in [4.78, 5) is 10.7. The van der Waals surface area contributed by atoms with Crippen LogP contribution in [0.15, 0.2) is 34.2 Å². The predicted octanol–water partition coefficient (Wildman–Crippen LogP) is 2.89. The second-order valence-electron chi connectivity index (χ2n) is 7.20. The van der Waals surface area contributed by atoms with E-state index in [4.69, 9.17) is 0 Å². The van der Waals surface area contributed by atoms with Gasteiger partial charge in [-0.15, -0.1) is 11.8 Å². The van der Waals surface area contributed by atoms with Crippen molar-refractivity contribution in [2.24, 2.45) is 4.99 Å². The molecule has 1 saturated heterocycles. The molecule has 158 valence electrons. The summed E-state index contributed by atoms with van der Waals surface area (Å²) in [5.74, 6) is 1.72. The van der Waals surface area contributed by atoms with Crippen molar-refractivity contribution in [2.75, 3.05) is 65.2 Å². The fraction of sp³-hybridized carbons (Fsp3) is 0.667. The predicted molar refractivity (Wildman–Crippen MR) is 119 cm³/mol. The summed E-state index contributed by atoms with van der Waals surface area (Å²) < 4.78 is 12.9. The molecule has 5 nitrogen and oxygen atoms in total. The molecule has 1 heterocycles. The second-order valence-corrected chi connectivity index (χ2v) is 8.36. The third-order valence-corrected chi connectivity index (χ3v) is 5.89. The lowest BCUT2D eigenvalue weighted by Gasteiger charge is -2.32. The van der Waals surface area contributed by atoms with Gasteiger partial charge in [0.05, 0.1) is 0 Å². The number of piperazine rings is 1. The highest BCUT2D eigenvalue weighted by Crippen LogP contribution is 2.18. The summed E-state index contributed by atoms with van der Waals surface area (Å²) in [7, 11) is 2.20. The number of guanidine groups is 1. The first-order chi connectivity index (χ1) is 13.7. The molecule has 0 radical (unpaired) electrons. The van der Waals surface area contributed by atoms with Crippen LogP contribution in [0.1, 0.15) is 26.2 Å². The third kappa shape index (κ3) is 9.75. The first-order valence-corrected chi connectivity index (χ1v) is 11.5. The minimum atomic E-state index is -0.182. The number of thioether (sulfide) groups is 1. The minimum Gasteiger partial charge on any atom is -0.357 e. The van der Waals surface area contributed by atoms with Crippen molar-refractivity contribution >= 4 is 17.7 Å². The molecule has 28 heavy (non-hydrogen) atoms. The fourth-order valence-electron chi connectivity index (χ4n) is 3.06. The van der Waals surface area contributed by atoms with Crippen molar-refractivity contribution in [2.45, 2.75) is 31.1 Å². The summed E-state index contributed by atoms with van der Waals surface area (Å²) >= 11 is 1.75. The van der Waals surface area contributed by atoms with E-state index in [2.05, 4.69) is 39.4 Å². The monoisotopic (exact) mass is 409 g/mol. The molecule has 2 N–H and O–H groups in total. The van der Waals surface area contributed by atoms with E-state index in [1.54, 1.807) is 11.8 Å². The number of aliphatic imine (C=N–C) groups is 1. The maximum Gasteiger partial charge on any atom is 0.191 e. The van der Waals surface area contributed by atoms with E-state index in [1.807, 2.05) is 12.1 Å². The summed E-state index contributed by atoms with van der Waals surface area (Å²) in [5, 5.41) is 6.76. The normalized spacial score (nSPS) is 16.3. The van der Waals surface area contributed by atoms with Crippen LogP contribution < -0.4 is 10.6 Å². The lowest BCUT2D eigenvalue weighted by molar-refractivity contribution is 0.152. The molecule has 0 bridgehead atoms. The van der Waals surface area contributed by atoms with Gasteiger partial charge in [0.25, 0.3) is 0 Å². The maximum absolute atomic E-state index is 12.9. The van der Waals surface area contributed by atoms with E-state index < -0.39 is 0 Å². The molecule has 1 aromatic carbocycles. The van der Waals surface area contributed by atoms with Crippen molar-refractivity contribution in [3.05, 3.63) is 30.1 Å². The average molecular weight is 410 g/mol. The zero-order valence-electron chi connectivity index (χ0n) is 17.4. The van der Waals surface area contributed by atoms with Crippen LogP contribution in [0.4, 0.5) is 4.39 Å². The highest BCUT2D eigenvalue weighted by Gasteiger charge is 2.12. The number of benzene rings is 1. The Hall–Kier alpha value is -1.31. The molecule has 0 spiro atoms. The van der Waals surface area contributed by atoms with Gasteiger partial charge in [-0.2, -0.15) is 0 Å². The van der Waals surface area contributed by atoms with Crippen LogP contribution >= 0.6 is 11.8 Å². The van der Waals surface area contributed by atoms with Gasteiger partial charge in [-0.3, -0.25) is 4.99 Å². The number of nitrogens with zero attached hydrogens (tertiary/aromatic N) is 3. The molecule has 1 aliphatic rings. The summed E-state index contributed by atoms with van der Waals surface area (Å²) in [6, 6.07) is 6.68. The molecule has 0 aliphatic carbocycles. The zero-order chi connectivity index (χ0) is 20.0. The van der Waals surface area contributed by atoms with Crippen LogP contribution in [0.3, 0.4) is 0 Å². The van der Waals surface area contributed by atoms with Crippen molar-refractivity contribution in [1.29, 1.82) is 0 Å². The first-order valence-electron chi connectivity index (χ1n) is 10.5. The van der Waals surface area contributed by atoms with E-state index >= 15 is 0 Å². The van der Waals surface area contributed by atoms with Gasteiger partial charge in [-0.25, -0.2) is 4.39 Å². The second kappa shape index (κ2) is 13.8. The van der Waals surface area contributed by atoms with Gasteiger partial charge in [0.1, 0.15) is 5.82 Å². The van der Waals surface area contributed by atoms with Crippen LogP contribution in [0.5, 0.6) is 0 Å². The van der Waals surface area contributed by atoms with Gasteiger partial charge in [0.2, 0.25) is 0 Å². The Balaban J connectivity index is 1.54. The van der Waals surface area contributed by atoms with Crippen LogP contribution in [-0.4, -0.2) is 80.9 Å². The molecule has 7 heteroatoms. The Kier molecular flexibility index (Phi) is 11.3. The Morgan fingerprint density at radius 1 is 1.07 bits per heavy atom. The topological polar surface area (TPSA) is 42.9 Å². The van der Waals surface area contributed by atoms with E-state index in [1.165, 1.54) is 51.3 Å². The van der Waals surface area contributed by atoms with Crippen molar-refractivity contribution in [1.82, 2.24) is 20.4 Å². The Morgan fingerprint density at radius 3 is 2.54 bits per heavy atom. The number of rotatable bonds is 11. The third-order valence-electron chi connectivity index (χ3n) is 4.79. The molecule has 0 atom stereocenters. The van der Waals surface area contributed by atoms with Gasteiger partial charge < -0.3 is 20.4 Å². The molecule has 0 saturated carbocycles. The van der Waals surface area contributed by atoms with Crippen LogP contribution in [0.2, 0.25) is 0 Å². The Morgan fingerprint density at radius 2 is 1.82 bits per heavy atom. The number of likely N-dealkylation sites (N-methyl/N-ethyl adjacent to an activating group) is 1. The molecular formula is C21H36FN5S. The fourth-order valence-corrected chi connectivity index (χ4v) is 3.89. The van der Waals surface area contributed by atoms with Crippen molar-refractivity contribution < 1.29 is 4.39 Å². The molecule has 2 rings (SSSR count). The number of nitrogens with one attached hydrogen (secondary N) is 2. The van der Waals surface area contributed by atoms with Crippen LogP contribution in [0, 0.1) is 5.82 Å². The Bertz CT molecular complexity index is 558. The van der Waals surface area contributed by atoms with E-state index in [0.717, 1.165) is 49.1 Å². The van der Waals surface area contributed by atoms with Gasteiger partial charge in [-0.05, 0) is 69.8 Å². The number of hydrogen-bond acceptors (Lipinski definition) is 4. The van der Waals surface area contributed by atoms with Crippen molar-refractivity contribution in [3.63, 3.8) is 0 Å². The minimum absolute atomic E-state index is 0.182. The maximum atomic E-state index is 12.9. The zero-order valence-corrected chi connectivity index (χ0v) is 18.2. The standard InChI is InChI=1S/C21H36FN5S/c1-3-23-21(24-11-4-5-13-27-16-14-26(2)15-17-27)25-12-6-18-28-20-9-7-19(22)8-10-20/h7-10H,3-6,11-18H2,1-2H3,(H2,23,24,25). The smallest absolute Gasteiger partial charge is 0.191 e. The highest BCUT2D eigenvalue weighted by atomic mass is 32.2. The molecule has 0 amide bonds. The summed E-state index contributed by atoms with van der Waals surface area (Å²) in [5.41, 5.74) is 0. The molecule has 0 unspecified atom stereocenters. The van der Waals surface area contributed by atoms with Gasteiger partial charge in [-0.1, -0.05) is 0 Å². The van der Waals surface area contributed by atoms with Gasteiger partial charge in [0, 0.05) is 50.7 Å². The SMILES string of the molecule is CCNC(=NCCCSc1ccc(F)cc1)NCCCCN1CCN(C)CC1. The lowest BCUT2D eigenvalue weighted by Crippen LogP contribution is -2.44. The average Bonchev–Trinajstić information content (AvgIpc) is 2.70. The van der Waals surface area contributed by atoms with Crippen LogP contribution in [0.25, 0.3) is 0 Å². The quantitative estimate of drug-likeness (QED) is 0.255. The Labute approximate surface area is 174 Å². The van der Waals surface area contributed by atoms with Gasteiger partial charge in [0.15, 0.2) is 5.96 Å². The highest BCUT2D eigenvalue weighted by molar-refractivity contribution is 7.99. The molecule has 1 fully saturated rings. The van der Waals surface area contributed by atoms with Crippen LogP contribution in [-0.2, 0) is 0 Å². The summed E-state index contributed by atoms with van der Waals surface area (Å²) in [6.07, 6.45) is 3.39. The number of halogens is 1. The number of unbranched alkanes of at least 4 members (excludes halogenated alkanes) is 1. The first kappa shape index (κ1) is 23.0. The van der Waals surface area contributed by atoms with E-state index in [0.29, 0.717) is 0 Å². The molecular weight excluding hydrogens is 373 g/mol. The van der Waals surface area contributed by atoms with Gasteiger partial charge >= 0.3 is 0 Å². The number of hydrogen-bond donors (Lipinski definition) is 2. The molecule has 0 aromatic heterocycles. The lowest BCUT2D eigenvalue weighted by atomic mass is 10.2. The van der Waals surface area contributed by atoms with Crippen molar-refractivity contribution in [3.8, 4) is 0 Å². The molecule has 1 aliphatic heterocycles. The van der Waals surface area contributed by atoms with E-state index in [9.17, 15) is 4.39 Å². The van der Waals surface area contributed by atoms with E-state index in [-0.39, 0.29) is 5.82 Å². The molecule has 1 aromatic rings. The summed E-state index contributed by atoms with van der Waals surface area (Å²) in [6.45, 7) is 10.7.